The van der Waals surface area contributed by atoms with Gasteiger partial charge in [-0.15, -0.1) is 0 Å². The fourth-order valence-electron chi connectivity index (χ4n) is 1.52. The molecule has 0 aromatic heterocycles. The van der Waals surface area contributed by atoms with Crippen LogP contribution in [0.15, 0.2) is 0 Å². The van der Waals surface area contributed by atoms with E-state index in [1.54, 1.807) is 0 Å². The van der Waals surface area contributed by atoms with Crippen LogP contribution >= 0.6 is 0 Å². The molecule has 0 aliphatic rings. The van der Waals surface area contributed by atoms with Crippen molar-refractivity contribution in [2.45, 2.75) is 33.3 Å². The molecule has 0 saturated heterocycles. The Bertz CT molecular complexity index is 403. The zero-order chi connectivity index (χ0) is 16.4. The van der Waals surface area contributed by atoms with Crippen molar-refractivity contribution in [2.24, 2.45) is 5.73 Å². The van der Waals surface area contributed by atoms with Crippen LogP contribution in [0.3, 0.4) is 0 Å². The predicted molar refractivity (Wildman–Crippen MR) is 68.1 cm³/mol. The number of hydrogen-bond donors (Lipinski definition) is 5. The summed E-state index contributed by atoms with van der Waals surface area (Å²) in [6.45, 7) is -0.504. The van der Waals surface area contributed by atoms with Gasteiger partial charge in [0.25, 0.3) is 0 Å². The predicted octanol–water partition coefficient (Wildman–Crippen LogP) is -1.59. The summed E-state index contributed by atoms with van der Waals surface area (Å²) in [5.41, 5.74) is 5.28. The van der Waals surface area contributed by atoms with Crippen LogP contribution in [0.25, 0.3) is 0 Å². The second kappa shape index (κ2) is 10.5. The van der Waals surface area contributed by atoms with E-state index in [0.29, 0.717) is 3.93 Å². The standard InChI is InChI=1S/C10H16N3O6.CH3.Hg/c1-5(9(17)12-4-8(15)16)13-7(14)3-2-6(11)10(18)19;;/h5-6H,1-4,11H2,(H,12,17)(H,13,14)(H,15,16)(H,18,19);1H3;/t5-,6-;;/m0../s1. The van der Waals surface area contributed by atoms with Crippen LogP contribution in [0.2, 0.25) is 8.36 Å². The molecule has 0 aromatic carbocycles. The topological polar surface area (TPSA) is 159 Å². The van der Waals surface area contributed by atoms with Gasteiger partial charge in [-0.3, -0.25) is 0 Å². The van der Waals surface area contributed by atoms with Crippen molar-refractivity contribution < 1.29 is 54.0 Å². The van der Waals surface area contributed by atoms with Gasteiger partial charge in [0.15, 0.2) is 0 Å². The fraction of sp³-hybridized carbons (Fsp3) is 0.636. The molecular formula is C11H19HgN3O6. The van der Waals surface area contributed by atoms with Gasteiger partial charge in [-0.25, -0.2) is 0 Å². The van der Waals surface area contributed by atoms with Crippen LogP contribution in [-0.4, -0.2) is 52.6 Å². The van der Waals surface area contributed by atoms with Crippen molar-refractivity contribution >= 4 is 23.8 Å². The number of carbonyl (C=O) groups is 4. The second-order valence-electron chi connectivity index (χ2n) is 4.50. The van der Waals surface area contributed by atoms with Crippen LogP contribution in [0.5, 0.6) is 0 Å². The van der Waals surface area contributed by atoms with Crippen molar-refractivity contribution in [3.8, 4) is 0 Å². The average molecular weight is 490 g/mol. The molecule has 2 atom stereocenters. The van der Waals surface area contributed by atoms with E-state index < -0.39 is 67.0 Å². The Kier molecular flexibility index (Phi) is 9.88. The first-order valence-electron chi connectivity index (χ1n) is 6.55. The molecule has 0 aliphatic heterocycles. The van der Waals surface area contributed by atoms with E-state index >= 15 is 0 Å². The van der Waals surface area contributed by atoms with Gasteiger partial charge in [0.05, 0.1) is 0 Å². The Morgan fingerprint density at radius 1 is 1.24 bits per heavy atom. The number of nitrogens with two attached hydrogens (primary N) is 1. The number of hydrogen-bond acceptors (Lipinski definition) is 5. The molecule has 9 nitrogen and oxygen atoms in total. The quantitative estimate of drug-likeness (QED) is 0.231. The molecule has 0 heterocycles. The molecule has 0 spiro atoms. The zero-order valence-electron chi connectivity index (χ0n) is 11.8. The van der Waals surface area contributed by atoms with Gasteiger partial charge in [-0.05, 0) is 0 Å². The molecule has 0 rings (SSSR count). The van der Waals surface area contributed by atoms with Crippen molar-refractivity contribution in [1.29, 1.82) is 0 Å². The molecule has 10 heteroatoms. The van der Waals surface area contributed by atoms with Crippen LogP contribution < -0.4 is 16.4 Å². The number of nitrogens with one attached hydrogen (secondary N) is 2. The monoisotopic (exact) mass is 491 g/mol. The van der Waals surface area contributed by atoms with Gasteiger partial charge in [-0.2, -0.15) is 0 Å². The van der Waals surface area contributed by atoms with Crippen LogP contribution in [0.4, 0.5) is 0 Å². The zero-order valence-corrected chi connectivity index (χ0v) is 17.3. The summed E-state index contributed by atoms with van der Waals surface area (Å²) in [5.74, 6) is -3.36. The van der Waals surface area contributed by atoms with E-state index in [1.165, 1.54) is 0 Å². The van der Waals surface area contributed by atoms with Gasteiger partial charge in [-0.1, -0.05) is 0 Å². The minimum atomic E-state index is -1.23. The number of carboxylic acids is 2. The maximum atomic E-state index is 11.7. The van der Waals surface area contributed by atoms with Gasteiger partial charge < -0.3 is 0 Å². The molecule has 0 aromatic rings. The molecular weight excluding hydrogens is 471 g/mol. The Balaban J connectivity index is 4.35. The second-order valence-corrected chi connectivity index (χ2v) is 10.6. The van der Waals surface area contributed by atoms with Crippen molar-refractivity contribution in [2.75, 3.05) is 6.54 Å². The Hall–Kier alpha value is -1.22. The summed E-state index contributed by atoms with van der Waals surface area (Å²) in [7, 11) is 0. The third kappa shape index (κ3) is 9.35. The van der Waals surface area contributed by atoms with Crippen molar-refractivity contribution in [1.82, 2.24) is 10.6 Å². The maximum absolute atomic E-state index is 11.7. The third-order valence-corrected chi connectivity index (χ3v) is 7.13. The van der Waals surface area contributed by atoms with Crippen LogP contribution in [-0.2, 0) is 43.8 Å². The van der Waals surface area contributed by atoms with E-state index in [0.717, 1.165) is 0 Å². The van der Waals surface area contributed by atoms with E-state index in [4.69, 9.17) is 15.9 Å². The summed E-state index contributed by atoms with van der Waals surface area (Å²) in [6, 6.07) is -1.87. The van der Waals surface area contributed by atoms with E-state index in [2.05, 4.69) is 10.6 Å². The Morgan fingerprint density at radius 3 is 2.33 bits per heavy atom. The van der Waals surface area contributed by atoms with E-state index in [-0.39, 0.29) is 12.8 Å². The number of aliphatic carboxylic acids is 2. The normalized spacial score (nSPS) is 12.7. The fourth-order valence-corrected chi connectivity index (χ4v) is 5.34. The molecule has 0 bridgehead atoms. The van der Waals surface area contributed by atoms with Gasteiger partial charge in [0.1, 0.15) is 0 Å². The molecule has 116 valence electrons. The van der Waals surface area contributed by atoms with Crippen LogP contribution in [0, 0.1) is 0 Å². The van der Waals surface area contributed by atoms with Gasteiger partial charge in [0, 0.05) is 0 Å². The van der Waals surface area contributed by atoms with E-state index in [9.17, 15) is 19.2 Å². The number of rotatable bonds is 10. The first-order valence-corrected chi connectivity index (χ1v) is 15.9. The van der Waals surface area contributed by atoms with E-state index in [1.807, 2.05) is 4.43 Å². The number of carbonyl (C=O) groups excluding carboxylic acids is 2. The third-order valence-electron chi connectivity index (χ3n) is 2.64. The molecule has 21 heavy (non-hydrogen) atoms. The SMILES string of the molecule is [CH3][Hg][CH2][C@H](NC(=O)CC[C@H](N)C(=O)O)C(=O)NCC(=O)O. The molecule has 0 aliphatic carbocycles. The first-order chi connectivity index (χ1) is 9.77. The van der Waals surface area contributed by atoms with Crippen LogP contribution in [0.1, 0.15) is 12.8 Å². The van der Waals surface area contributed by atoms with Crippen molar-refractivity contribution in [3.05, 3.63) is 0 Å². The molecule has 0 saturated carbocycles. The molecule has 2 amide bonds. The molecule has 0 fully saturated rings. The van der Waals surface area contributed by atoms with Gasteiger partial charge in [0.2, 0.25) is 0 Å². The van der Waals surface area contributed by atoms with Crippen molar-refractivity contribution in [3.63, 3.8) is 0 Å². The van der Waals surface area contributed by atoms with Gasteiger partial charge >= 0.3 is 134 Å². The first kappa shape index (κ1) is 19.8. The summed E-state index contributed by atoms with van der Waals surface area (Å²) in [4.78, 5) is 44.3. The minimum absolute atomic E-state index is 0.0267. The summed E-state index contributed by atoms with van der Waals surface area (Å²) in [6.07, 6.45) is -0.127. The average Bonchev–Trinajstić information content (AvgIpc) is 2.41. The molecule has 0 unspecified atom stereocenters. The number of amides is 2. The molecule has 6 N–H and O–H groups in total. The number of carboxylic acid groups (broad SMARTS) is 2. The summed E-state index contributed by atoms with van der Waals surface area (Å²) >= 11 is -1.23. The Labute approximate surface area is 134 Å². The molecule has 0 radical (unpaired) electrons. The summed E-state index contributed by atoms with van der Waals surface area (Å²) < 4.78 is 2.60. The summed E-state index contributed by atoms with van der Waals surface area (Å²) in [5, 5.41) is 21.8. The Morgan fingerprint density at radius 2 is 1.86 bits per heavy atom.